The van der Waals surface area contributed by atoms with Crippen LogP contribution in [0.5, 0.6) is 5.75 Å². The average Bonchev–Trinajstić information content (AvgIpc) is 2.97. The van der Waals surface area contributed by atoms with Crippen LogP contribution in [0, 0.1) is 0 Å². The Morgan fingerprint density at radius 2 is 2.04 bits per heavy atom. The van der Waals surface area contributed by atoms with Gasteiger partial charge in [0.15, 0.2) is 0 Å². The van der Waals surface area contributed by atoms with Crippen molar-refractivity contribution in [2.75, 3.05) is 12.4 Å². The van der Waals surface area contributed by atoms with Crippen LogP contribution in [-0.2, 0) is 11.2 Å². The van der Waals surface area contributed by atoms with E-state index >= 15 is 0 Å². The van der Waals surface area contributed by atoms with E-state index in [1.807, 2.05) is 24.3 Å². The first-order chi connectivity index (χ1) is 11.6. The van der Waals surface area contributed by atoms with Gasteiger partial charge in [-0.3, -0.25) is 4.79 Å². The number of carbonyl (C=O) groups excluding carboxylic acids is 1. The lowest BCUT2D eigenvalue weighted by molar-refractivity contribution is -0.114. The van der Waals surface area contributed by atoms with Gasteiger partial charge < -0.3 is 15.4 Å². The summed E-state index contributed by atoms with van der Waals surface area (Å²) in [5.41, 5.74) is 4.65. The Kier molecular flexibility index (Phi) is 4.86. The third-order valence-electron chi connectivity index (χ3n) is 4.61. The minimum atomic E-state index is -0.0513. The van der Waals surface area contributed by atoms with Gasteiger partial charge in [-0.15, -0.1) is 0 Å². The van der Waals surface area contributed by atoms with Crippen LogP contribution >= 0.6 is 0 Å². The van der Waals surface area contributed by atoms with E-state index in [9.17, 15) is 4.79 Å². The lowest BCUT2D eigenvalue weighted by Crippen LogP contribution is -2.23. The fourth-order valence-electron chi connectivity index (χ4n) is 3.47. The Morgan fingerprint density at radius 3 is 2.79 bits per heavy atom. The molecule has 2 N–H and O–H groups in total. The molecule has 0 spiro atoms. The summed E-state index contributed by atoms with van der Waals surface area (Å²) in [6.45, 7) is 3.68. The fourth-order valence-corrected chi connectivity index (χ4v) is 3.47. The van der Waals surface area contributed by atoms with Crippen LogP contribution in [0.2, 0.25) is 0 Å². The molecule has 4 nitrogen and oxygen atoms in total. The maximum atomic E-state index is 11.2. The first-order valence-corrected chi connectivity index (χ1v) is 8.38. The van der Waals surface area contributed by atoms with Gasteiger partial charge in [0.25, 0.3) is 0 Å². The van der Waals surface area contributed by atoms with E-state index in [4.69, 9.17) is 4.74 Å². The monoisotopic (exact) mass is 324 g/mol. The van der Waals surface area contributed by atoms with Crippen LogP contribution in [0.25, 0.3) is 0 Å². The van der Waals surface area contributed by atoms with Crippen LogP contribution in [-0.4, -0.2) is 13.0 Å². The molecule has 2 aromatic rings. The summed E-state index contributed by atoms with van der Waals surface area (Å²) < 4.78 is 5.48. The van der Waals surface area contributed by atoms with Crippen molar-refractivity contribution in [2.24, 2.45) is 0 Å². The number of methoxy groups -OCH3 is 1. The Morgan fingerprint density at radius 1 is 1.25 bits per heavy atom. The molecule has 1 amide bonds. The van der Waals surface area contributed by atoms with Crippen molar-refractivity contribution in [2.45, 2.75) is 38.8 Å². The lowest BCUT2D eigenvalue weighted by atomic mass is 10.0. The van der Waals surface area contributed by atoms with Crippen molar-refractivity contribution >= 4 is 11.6 Å². The molecule has 2 atom stereocenters. The Hall–Kier alpha value is -2.33. The van der Waals surface area contributed by atoms with Gasteiger partial charge in [0.05, 0.1) is 7.11 Å². The number of fused-ring (bicyclic) bond motifs is 1. The molecule has 0 bridgehead atoms. The van der Waals surface area contributed by atoms with Crippen LogP contribution in [0.3, 0.4) is 0 Å². The molecule has 0 heterocycles. The van der Waals surface area contributed by atoms with E-state index in [1.54, 1.807) is 7.11 Å². The van der Waals surface area contributed by atoms with Gasteiger partial charge in [-0.1, -0.05) is 24.3 Å². The maximum Gasteiger partial charge on any atom is 0.221 e. The molecule has 1 aliphatic rings. The van der Waals surface area contributed by atoms with E-state index in [0.29, 0.717) is 6.04 Å². The molecule has 4 heteroatoms. The van der Waals surface area contributed by atoms with Crippen molar-refractivity contribution in [1.29, 1.82) is 0 Å². The molecule has 0 fully saturated rings. The van der Waals surface area contributed by atoms with Gasteiger partial charge in [0.1, 0.15) is 5.75 Å². The van der Waals surface area contributed by atoms with Crippen molar-refractivity contribution in [3.05, 3.63) is 59.2 Å². The van der Waals surface area contributed by atoms with Crippen LogP contribution in [0.1, 0.15) is 49.0 Å². The highest BCUT2D eigenvalue weighted by Gasteiger charge is 2.26. The Bertz CT molecular complexity index is 742. The van der Waals surface area contributed by atoms with E-state index in [1.165, 1.54) is 18.1 Å². The second kappa shape index (κ2) is 7.05. The molecule has 0 aromatic heterocycles. The highest BCUT2D eigenvalue weighted by Crippen LogP contribution is 2.38. The zero-order valence-electron chi connectivity index (χ0n) is 14.4. The number of anilines is 1. The highest BCUT2D eigenvalue weighted by molar-refractivity contribution is 5.88. The normalized spacial score (nSPS) is 17.2. The molecule has 2 aromatic carbocycles. The van der Waals surface area contributed by atoms with Crippen LogP contribution < -0.4 is 15.4 Å². The van der Waals surface area contributed by atoms with Crippen molar-refractivity contribution in [3.8, 4) is 5.75 Å². The first kappa shape index (κ1) is 16.5. The third-order valence-corrected chi connectivity index (χ3v) is 4.61. The molecule has 0 saturated carbocycles. The SMILES string of the molecule is COc1cccc2c1CC[C@H]2N[C@H](C)c1cccc(NC(C)=O)c1. The van der Waals surface area contributed by atoms with E-state index in [0.717, 1.165) is 29.8 Å². The summed E-state index contributed by atoms with van der Waals surface area (Å²) in [6, 6.07) is 14.8. The van der Waals surface area contributed by atoms with Crippen molar-refractivity contribution < 1.29 is 9.53 Å². The summed E-state index contributed by atoms with van der Waals surface area (Å²) in [5.74, 6) is 0.932. The highest BCUT2D eigenvalue weighted by atomic mass is 16.5. The summed E-state index contributed by atoms with van der Waals surface area (Å²) in [4.78, 5) is 11.2. The van der Waals surface area contributed by atoms with Gasteiger partial charge in [0.2, 0.25) is 5.91 Å². The number of ether oxygens (including phenoxy) is 1. The molecule has 3 rings (SSSR count). The molecule has 1 aliphatic carbocycles. The van der Waals surface area contributed by atoms with Gasteiger partial charge >= 0.3 is 0 Å². The molecular weight excluding hydrogens is 300 g/mol. The van der Waals surface area contributed by atoms with E-state index in [-0.39, 0.29) is 11.9 Å². The first-order valence-electron chi connectivity index (χ1n) is 8.38. The smallest absolute Gasteiger partial charge is 0.221 e. The average molecular weight is 324 g/mol. The molecule has 24 heavy (non-hydrogen) atoms. The van der Waals surface area contributed by atoms with E-state index < -0.39 is 0 Å². The number of hydrogen-bond acceptors (Lipinski definition) is 3. The predicted octanol–water partition coefficient (Wildman–Crippen LogP) is 3.99. The molecule has 0 unspecified atom stereocenters. The topological polar surface area (TPSA) is 50.4 Å². The number of amides is 1. The molecular formula is C20H24N2O2. The number of nitrogens with one attached hydrogen (secondary N) is 2. The summed E-state index contributed by atoms with van der Waals surface area (Å²) >= 11 is 0. The lowest BCUT2D eigenvalue weighted by Gasteiger charge is -2.21. The third kappa shape index (κ3) is 3.44. The Labute approximate surface area is 143 Å². The number of rotatable bonds is 5. The van der Waals surface area contributed by atoms with Crippen molar-refractivity contribution in [3.63, 3.8) is 0 Å². The van der Waals surface area contributed by atoms with Gasteiger partial charge in [-0.2, -0.15) is 0 Å². The zero-order chi connectivity index (χ0) is 17.1. The number of benzene rings is 2. The molecule has 0 saturated heterocycles. The second-order valence-electron chi connectivity index (χ2n) is 6.31. The van der Waals surface area contributed by atoms with E-state index in [2.05, 4.69) is 35.8 Å². The summed E-state index contributed by atoms with van der Waals surface area (Å²) in [7, 11) is 1.73. The van der Waals surface area contributed by atoms with Gasteiger partial charge in [-0.25, -0.2) is 0 Å². The molecule has 0 radical (unpaired) electrons. The largest absolute Gasteiger partial charge is 0.496 e. The minimum absolute atomic E-state index is 0.0513. The summed E-state index contributed by atoms with van der Waals surface area (Å²) in [6.07, 6.45) is 2.11. The minimum Gasteiger partial charge on any atom is -0.496 e. The second-order valence-corrected chi connectivity index (χ2v) is 6.31. The molecule has 0 aliphatic heterocycles. The van der Waals surface area contributed by atoms with Gasteiger partial charge in [-0.05, 0) is 54.7 Å². The van der Waals surface area contributed by atoms with Crippen LogP contribution in [0.15, 0.2) is 42.5 Å². The maximum absolute atomic E-state index is 11.2. The predicted molar refractivity (Wildman–Crippen MR) is 96.4 cm³/mol. The Balaban J connectivity index is 1.75. The zero-order valence-corrected chi connectivity index (χ0v) is 14.4. The standard InChI is InChI=1S/C20H24N2O2/c1-13(15-6-4-7-16(12-15)22-14(2)23)21-19-11-10-18-17(19)8-5-9-20(18)24-3/h4-9,12-13,19,21H,10-11H2,1-3H3,(H,22,23)/t13-,19-/m1/s1. The molecule has 126 valence electrons. The van der Waals surface area contributed by atoms with Crippen molar-refractivity contribution in [1.82, 2.24) is 5.32 Å². The fraction of sp³-hybridized carbons (Fsp3) is 0.350. The number of hydrogen-bond donors (Lipinski definition) is 2. The quantitative estimate of drug-likeness (QED) is 0.874. The van der Waals surface area contributed by atoms with Gasteiger partial charge in [0, 0.05) is 24.7 Å². The number of carbonyl (C=O) groups is 1. The summed E-state index contributed by atoms with van der Waals surface area (Å²) in [5, 5.41) is 6.56. The van der Waals surface area contributed by atoms with Crippen LogP contribution in [0.4, 0.5) is 5.69 Å².